The van der Waals surface area contributed by atoms with E-state index in [1.807, 2.05) is 6.92 Å². The van der Waals surface area contributed by atoms with Gasteiger partial charge in [0.05, 0.1) is 0 Å². The number of hydrogen-bond donors (Lipinski definition) is 3. The van der Waals surface area contributed by atoms with Crippen LogP contribution in [-0.4, -0.2) is 11.1 Å². The maximum absolute atomic E-state index is 12.0. The van der Waals surface area contributed by atoms with Crippen LogP contribution in [0.1, 0.15) is 24.5 Å². The first-order valence-electron chi connectivity index (χ1n) is 6.46. The molecule has 0 atom stereocenters. The van der Waals surface area contributed by atoms with Gasteiger partial charge in [0, 0.05) is 11.4 Å². The molecule has 0 aliphatic rings. The largest absolute Gasteiger partial charge is 0.480 e. The average molecular weight is 270 g/mol. The van der Waals surface area contributed by atoms with Crippen molar-refractivity contribution >= 4 is 17.3 Å². The van der Waals surface area contributed by atoms with Gasteiger partial charge in [-0.25, -0.2) is 0 Å². The van der Waals surface area contributed by atoms with Crippen LogP contribution in [0.4, 0.5) is 11.4 Å². The second kappa shape index (κ2) is 5.25. The fraction of sp³-hybridized carbons (Fsp3) is 0.188. The van der Waals surface area contributed by atoms with E-state index in [1.54, 1.807) is 48.5 Å². The first kappa shape index (κ1) is 13.9. The third-order valence-electron chi connectivity index (χ3n) is 3.70. The molecule has 104 valence electrons. The number of aliphatic carboxylic acids is 1. The van der Waals surface area contributed by atoms with Gasteiger partial charge in [0.2, 0.25) is 0 Å². The summed E-state index contributed by atoms with van der Waals surface area (Å²) in [6.07, 6.45) is 0.441. The van der Waals surface area contributed by atoms with Crippen LogP contribution in [0.15, 0.2) is 48.5 Å². The van der Waals surface area contributed by atoms with Gasteiger partial charge < -0.3 is 16.6 Å². The maximum Gasteiger partial charge on any atom is 0.318 e. The lowest BCUT2D eigenvalue weighted by atomic mass is 9.72. The molecule has 0 aromatic heterocycles. The lowest BCUT2D eigenvalue weighted by molar-refractivity contribution is -0.142. The van der Waals surface area contributed by atoms with Crippen LogP contribution in [0.3, 0.4) is 0 Å². The van der Waals surface area contributed by atoms with Crippen LogP contribution < -0.4 is 11.5 Å². The van der Waals surface area contributed by atoms with E-state index >= 15 is 0 Å². The van der Waals surface area contributed by atoms with Gasteiger partial charge in [-0.05, 0) is 41.8 Å². The van der Waals surface area contributed by atoms with E-state index in [1.165, 1.54) is 0 Å². The Labute approximate surface area is 118 Å². The normalized spacial score (nSPS) is 11.2. The van der Waals surface area contributed by atoms with E-state index in [2.05, 4.69) is 0 Å². The summed E-state index contributed by atoms with van der Waals surface area (Å²) in [6.45, 7) is 1.86. The fourth-order valence-corrected chi connectivity index (χ4v) is 2.51. The third kappa shape index (κ3) is 2.20. The molecule has 0 heterocycles. The Morgan fingerprint density at radius 3 is 1.55 bits per heavy atom. The minimum Gasteiger partial charge on any atom is -0.480 e. The summed E-state index contributed by atoms with van der Waals surface area (Å²) in [4.78, 5) is 12.0. The van der Waals surface area contributed by atoms with Crippen LogP contribution >= 0.6 is 0 Å². The Bertz CT molecular complexity index is 558. The predicted octanol–water partition coefficient (Wildman–Crippen LogP) is 2.63. The molecule has 0 spiro atoms. The van der Waals surface area contributed by atoms with Crippen LogP contribution in [0.25, 0.3) is 0 Å². The number of carboxylic acid groups (broad SMARTS) is 1. The average Bonchev–Trinajstić information content (AvgIpc) is 2.43. The molecule has 0 saturated carbocycles. The molecule has 20 heavy (non-hydrogen) atoms. The lowest BCUT2D eigenvalue weighted by Gasteiger charge is -2.29. The zero-order chi connectivity index (χ0) is 14.8. The minimum absolute atomic E-state index is 0.441. The van der Waals surface area contributed by atoms with Crippen molar-refractivity contribution in [3.05, 3.63) is 59.7 Å². The highest BCUT2D eigenvalue weighted by Gasteiger charge is 2.40. The Kier molecular flexibility index (Phi) is 3.66. The van der Waals surface area contributed by atoms with Gasteiger partial charge in [-0.1, -0.05) is 31.2 Å². The molecule has 0 aliphatic heterocycles. The third-order valence-corrected chi connectivity index (χ3v) is 3.70. The molecule has 4 heteroatoms. The maximum atomic E-state index is 12.0. The number of hydrogen-bond acceptors (Lipinski definition) is 3. The van der Waals surface area contributed by atoms with E-state index < -0.39 is 11.4 Å². The molecule has 5 N–H and O–H groups in total. The molecule has 0 radical (unpaired) electrons. The molecule has 0 bridgehead atoms. The SMILES string of the molecule is CCC(C(=O)O)(c1ccc(N)cc1)c1ccc(N)cc1. The second-order valence-corrected chi connectivity index (χ2v) is 4.81. The van der Waals surface area contributed by atoms with Gasteiger partial charge in [-0.2, -0.15) is 0 Å². The van der Waals surface area contributed by atoms with Crippen molar-refractivity contribution < 1.29 is 9.90 Å². The van der Waals surface area contributed by atoms with Gasteiger partial charge in [0.25, 0.3) is 0 Å². The van der Waals surface area contributed by atoms with E-state index in [9.17, 15) is 9.90 Å². The summed E-state index contributed by atoms with van der Waals surface area (Å²) in [5.74, 6) is -0.880. The molecule has 0 fully saturated rings. The molecule has 0 saturated heterocycles. The highest BCUT2D eigenvalue weighted by molar-refractivity contribution is 5.86. The molecule has 2 aromatic rings. The molecule has 0 unspecified atom stereocenters. The zero-order valence-corrected chi connectivity index (χ0v) is 11.3. The number of carboxylic acids is 1. The first-order valence-corrected chi connectivity index (χ1v) is 6.46. The van der Waals surface area contributed by atoms with Crippen LogP contribution in [0.5, 0.6) is 0 Å². The van der Waals surface area contributed by atoms with Gasteiger partial charge in [0.15, 0.2) is 0 Å². The lowest BCUT2D eigenvalue weighted by Crippen LogP contribution is -2.36. The summed E-state index contributed by atoms with van der Waals surface area (Å²) >= 11 is 0. The standard InChI is InChI=1S/C16H18N2O2/c1-2-16(15(19)20,11-3-7-13(17)8-4-11)12-5-9-14(18)10-6-12/h3-10H,2,17-18H2,1H3,(H,19,20). The van der Waals surface area contributed by atoms with E-state index in [-0.39, 0.29) is 0 Å². The summed E-state index contributed by atoms with van der Waals surface area (Å²) in [7, 11) is 0. The molecule has 4 nitrogen and oxygen atoms in total. The Morgan fingerprint density at radius 1 is 0.950 bits per heavy atom. The molecule has 2 aromatic carbocycles. The Balaban J connectivity index is 2.64. The summed E-state index contributed by atoms with van der Waals surface area (Å²) in [6, 6.07) is 14.0. The highest BCUT2D eigenvalue weighted by Crippen LogP contribution is 2.36. The smallest absolute Gasteiger partial charge is 0.318 e. The van der Waals surface area contributed by atoms with E-state index in [4.69, 9.17) is 11.5 Å². The summed E-state index contributed by atoms with van der Waals surface area (Å²) in [5.41, 5.74) is 12.9. The molecular weight excluding hydrogens is 252 g/mol. The van der Waals surface area contributed by atoms with Crippen molar-refractivity contribution in [3.8, 4) is 0 Å². The minimum atomic E-state index is -1.08. The number of nitrogens with two attached hydrogens (primary N) is 2. The van der Waals surface area contributed by atoms with E-state index in [0.717, 1.165) is 0 Å². The number of benzene rings is 2. The van der Waals surface area contributed by atoms with Crippen molar-refractivity contribution in [2.45, 2.75) is 18.8 Å². The zero-order valence-electron chi connectivity index (χ0n) is 11.3. The molecule has 2 rings (SSSR count). The van der Waals surface area contributed by atoms with Crippen molar-refractivity contribution in [1.82, 2.24) is 0 Å². The van der Waals surface area contributed by atoms with Crippen LogP contribution in [-0.2, 0) is 10.2 Å². The number of carbonyl (C=O) groups is 1. The number of nitrogen functional groups attached to an aromatic ring is 2. The van der Waals surface area contributed by atoms with Crippen LogP contribution in [0.2, 0.25) is 0 Å². The Morgan fingerprint density at radius 2 is 1.30 bits per heavy atom. The van der Waals surface area contributed by atoms with Gasteiger partial charge in [-0.15, -0.1) is 0 Å². The van der Waals surface area contributed by atoms with Crippen LogP contribution in [0, 0.1) is 0 Å². The van der Waals surface area contributed by atoms with Crippen molar-refractivity contribution in [2.75, 3.05) is 11.5 Å². The highest BCUT2D eigenvalue weighted by atomic mass is 16.4. The summed E-state index contributed by atoms with van der Waals surface area (Å²) in [5, 5.41) is 9.81. The van der Waals surface area contributed by atoms with Gasteiger partial charge in [0.1, 0.15) is 5.41 Å². The number of anilines is 2. The van der Waals surface area contributed by atoms with Gasteiger partial charge in [-0.3, -0.25) is 4.79 Å². The quantitative estimate of drug-likeness (QED) is 0.745. The summed E-state index contributed by atoms with van der Waals surface area (Å²) < 4.78 is 0. The second-order valence-electron chi connectivity index (χ2n) is 4.81. The molecule has 0 aliphatic carbocycles. The molecular formula is C16H18N2O2. The van der Waals surface area contributed by atoms with Gasteiger partial charge >= 0.3 is 5.97 Å². The number of rotatable bonds is 4. The van der Waals surface area contributed by atoms with Crippen molar-refractivity contribution in [3.63, 3.8) is 0 Å². The first-order chi connectivity index (χ1) is 9.50. The fourth-order valence-electron chi connectivity index (χ4n) is 2.51. The van der Waals surface area contributed by atoms with E-state index in [0.29, 0.717) is 28.9 Å². The molecule has 0 amide bonds. The topological polar surface area (TPSA) is 89.3 Å². The Hall–Kier alpha value is -2.49. The monoisotopic (exact) mass is 270 g/mol. The predicted molar refractivity (Wildman–Crippen MR) is 80.4 cm³/mol. The van der Waals surface area contributed by atoms with Crippen molar-refractivity contribution in [2.24, 2.45) is 0 Å². The van der Waals surface area contributed by atoms with Crippen molar-refractivity contribution in [1.29, 1.82) is 0 Å².